The number of likely N-dealkylation sites (N-methyl/N-ethyl adjacent to an activating group) is 1. The van der Waals surface area contributed by atoms with Gasteiger partial charge in [-0.1, -0.05) is 19.9 Å². The first-order chi connectivity index (χ1) is 9.07. The number of nitrogens with zero attached hydrogens (tertiary/aromatic N) is 2. The number of nitriles is 1. The highest BCUT2D eigenvalue weighted by Crippen LogP contribution is 2.28. The van der Waals surface area contributed by atoms with E-state index in [9.17, 15) is 5.26 Å². The van der Waals surface area contributed by atoms with Crippen molar-refractivity contribution in [1.82, 2.24) is 4.90 Å². The zero-order valence-electron chi connectivity index (χ0n) is 12.7. The summed E-state index contributed by atoms with van der Waals surface area (Å²) >= 11 is 0. The van der Waals surface area contributed by atoms with Gasteiger partial charge in [0, 0.05) is 6.54 Å². The van der Waals surface area contributed by atoms with Crippen molar-refractivity contribution in [3.63, 3.8) is 0 Å². The summed E-state index contributed by atoms with van der Waals surface area (Å²) < 4.78 is 5.32. The standard InChI is InChI=1S/C16H24N2O/c1-6-18(7-2)11-14(10-17)15-8-13(4)16(19-5)9-12(15)3/h8-9,14H,6-7,11H2,1-5H3. The van der Waals surface area contributed by atoms with Gasteiger partial charge in [0.05, 0.1) is 19.1 Å². The van der Waals surface area contributed by atoms with Gasteiger partial charge in [-0.2, -0.15) is 5.26 Å². The molecule has 104 valence electrons. The van der Waals surface area contributed by atoms with E-state index in [1.807, 2.05) is 19.9 Å². The molecule has 0 saturated carbocycles. The smallest absolute Gasteiger partial charge is 0.122 e. The van der Waals surface area contributed by atoms with Crippen LogP contribution in [0.4, 0.5) is 0 Å². The summed E-state index contributed by atoms with van der Waals surface area (Å²) in [4.78, 5) is 2.28. The van der Waals surface area contributed by atoms with E-state index in [1.165, 1.54) is 0 Å². The van der Waals surface area contributed by atoms with Crippen LogP contribution in [0.1, 0.15) is 36.5 Å². The molecule has 1 unspecified atom stereocenters. The minimum Gasteiger partial charge on any atom is -0.496 e. The molecule has 3 nitrogen and oxygen atoms in total. The van der Waals surface area contributed by atoms with E-state index >= 15 is 0 Å². The van der Waals surface area contributed by atoms with E-state index in [2.05, 4.69) is 30.9 Å². The number of benzene rings is 1. The number of methoxy groups -OCH3 is 1. The van der Waals surface area contributed by atoms with Crippen molar-refractivity contribution in [3.05, 3.63) is 28.8 Å². The maximum absolute atomic E-state index is 9.45. The zero-order valence-corrected chi connectivity index (χ0v) is 12.7. The third-order valence-corrected chi connectivity index (χ3v) is 3.65. The minimum atomic E-state index is -0.0792. The van der Waals surface area contributed by atoms with Crippen LogP contribution in [-0.2, 0) is 0 Å². The van der Waals surface area contributed by atoms with E-state index in [0.29, 0.717) is 0 Å². The summed E-state index contributed by atoms with van der Waals surface area (Å²) in [6, 6.07) is 6.55. The third kappa shape index (κ3) is 3.71. The minimum absolute atomic E-state index is 0.0792. The molecule has 1 aromatic carbocycles. The number of hydrogen-bond acceptors (Lipinski definition) is 3. The molecule has 0 amide bonds. The Morgan fingerprint density at radius 1 is 1.21 bits per heavy atom. The van der Waals surface area contributed by atoms with Crippen molar-refractivity contribution in [1.29, 1.82) is 5.26 Å². The monoisotopic (exact) mass is 260 g/mol. The van der Waals surface area contributed by atoms with E-state index in [4.69, 9.17) is 4.74 Å². The molecule has 19 heavy (non-hydrogen) atoms. The second-order valence-electron chi connectivity index (χ2n) is 4.85. The van der Waals surface area contributed by atoms with E-state index in [1.54, 1.807) is 7.11 Å². The fourth-order valence-electron chi connectivity index (χ4n) is 2.36. The van der Waals surface area contributed by atoms with Crippen LogP contribution in [0.15, 0.2) is 12.1 Å². The number of aryl methyl sites for hydroxylation is 2. The van der Waals surface area contributed by atoms with Crippen molar-refractivity contribution >= 4 is 0 Å². The Morgan fingerprint density at radius 3 is 2.32 bits per heavy atom. The molecule has 0 aliphatic carbocycles. The van der Waals surface area contributed by atoms with Crippen LogP contribution >= 0.6 is 0 Å². The topological polar surface area (TPSA) is 36.3 Å². The van der Waals surface area contributed by atoms with Crippen molar-refractivity contribution < 1.29 is 4.74 Å². The molecule has 0 bridgehead atoms. The van der Waals surface area contributed by atoms with Gasteiger partial charge in [-0.05, 0) is 49.7 Å². The average molecular weight is 260 g/mol. The van der Waals surface area contributed by atoms with Crippen LogP contribution < -0.4 is 4.74 Å². The molecule has 0 fully saturated rings. The Labute approximate surface area is 116 Å². The van der Waals surface area contributed by atoms with Crippen LogP contribution in [-0.4, -0.2) is 31.6 Å². The van der Waals surface area contributed by atoms with Crippen LogP contribution in [0.25, 0.3) is 0 Å². The molecule has 0 heterocycles. The molecule has 0 spiro atoms. The molecule has 0 aliphatic heterocycles. The lowest BCUT2D eigenvalue weighted by atomic mass is 9.93. The summed E-state index contributed by atoms with van der Waals surface area (Å²) in [5.74, 6) is 0.810. The van der Waals surface area contributed by atoms with Crippen LogP contribution in [0.3, 0.4) is 0 Å². The second-order valence-corrected chi connectivity index (χ2v) is 4.85. The molecule has 0 aliphatic rings. The molecular weight excluding hydrogens is 236 g/mol. The first kappa shape index (κ1) is 15.5. The summed E-state index contributed by atoms with van der Waals surface area (Å²) in [6.07, 6.45) is 0. The summed E-state index contributed by atoms with van der Waals surface area (Å²) in [6.45, 7) is 11.1. The number of ether oxygens (including phenoxy) is 1. The quantitative estimate of drug-likeness (QED) is 0.787. The van der Waals surface area contributed by atoms with Gasteiger partial charge in [-0.25, -0.2) is 0 Å². The largest absolute Gasteiger partial charge is 0.496 e. The van der Waals surface area contributed by atoms with E-state index in [-0.39, 0.29) is 5.92 Å². The lowest BCUT2D eigenvalue weighted by molar-refractivity contribution is 0.298. The molecule has 3 heteroatoms. The lowest BCUT2D eigenvalue weighted by Gasteiger charge is -2.23. The van der Waals surface area contributed by atoms with Gasteiger partial charge in [0.15, 0.2) is 0 Å². The van der Waals surface area contributed by atoms with Crippen molar-refractivity contribution in [3.8, 4) is 11.8 Å². The van der Waals surface area contributed by atoms with Gasteiger partial charge in [0.25, 0.3) is 0 Å². The Bertz CT molecular complexity index is 459. The second kappa shape index (κ2) is 7.16. The van der Waals surface area contributed by atoms with Gasteiger partial charge in [-0.3, -0.25) is 0 Å². The fraction of sp³-hybridized carbons (Fsp3) is 0.562. The Morgan fingerprint density at radius 2 is 1.84 bits per heavy atom. The first-order valence-corrected chi connectivity index (χ1v) is 6.84. The Hall–Kier alpha value is -1.53. The van der Waals surface area contributed by atoms with Gasteiger partial charge in [-0.15, -0.1) is 0 Å². The number of hydrogen-bond donors (Lipinski definition) is 0. The highest BCUT2D eigenvalue weighted by molar-refractivity contribution is 5.44. The number of rotatable bonds is 6. The third-order valence-electron chi connectivity index (χ3n) is 3.65. The zero-order chi connectivity index (χ0) is 14.4. The Kier molecular flexibility index (Phi) is 5.85. The van der Waals surface area contributed by atoms with E-state index in [0.717, 1.165) is 42.1 Å². The lowest BCUT2D eigenvalue weighted by Crippen LogP contribution is -2.28. The van der Waals surface area contributed by atoms with Crippen molar-refractivity contribution in [2.24, 2.45) is 0 Å². The predicted octanol–water partition coefficient (Wildman–Crippen LogP) is 3.26. The molecular formula is C16H24N2O. The first-order valence-electron chi connectivity index (χ1n) is 6.84. The molecule has 0 N–H and O–H groups in total. The normalized spacial score (nSPS) is 12.3. The SMILES string of the molecule is CCN(CC)CC(C#N)c1cc(C)c(OC)cc1C. The predicted molar refractivity (Wildman–Crippen MR) is 78.6 cm³/mol. The summed E-state index contributed by atoms with van der Waals surface area (Å²) in [5.41, 5.74) is 3.33. The molecule has 1 aromatic rings. The van der Waals surface area contributed by atoms with Gasteiger partial charge in [0.2, 0.25) is 0 Å². The van der Waals surface area contributed by atoms with Crippen molar-refractivity contribution in [2.45, 2.75) is 33.6 Å². The maximum atomic E-state index is 9.45. The highest BCUT2D eigenvalue weighted by atomic mass is 16.5. The molecule has 0 aromatic heterocycles. The summed E-state index contributed by atoms with van der Waals surface area (Å²) in [7, 11) is 1.68. The molecule has 1 atom stereocenters. The maximum Gasteiger partial charge on any atom is 0.122 e. The average Bonchev–Trinajstić information content (AvgIpc) is 2.43. The fourth-order valence-corrected chi connectivity index (χ4v) is 2.36. The molecule has 0 radical (unpaired) electrons. The van der Waals surface area contributed by atoms with E-state index < -0.39 is 0 Å². The van der Waals surface area contributed by atoms with Crippen LogP contribution in [0.2, 0.25) is 0 Å². The van der Waals surface area contributed by atoms with Crippen LogP contribution in [0, 0.1) is 25.2 Å². The Balaban J connectivity index is 3.06. The van der Waals surface area contributed by atoms with Crippen LogP contribution in [0.5, 0.6) is 5.75 Å². The molecule has 1 rings (SSSR count). The van der Waals surface area contributed by atoms with Gasteiger partial charge in [0.1, 0.15) is 5.75 Å². The van der Waals surface area contributed by atoms with Crippen molar-refractivity contribution in [2.75, 3.05) is 26.7 Å². The van der Waals surface area contributed by atoms with Gasteiger partial charge >= 0.3 is 0 Å². The molecule has 0 saturated heterocycles. The van der Waals surface area contributed by atoms with Gasteiger partial charge < -0.3 is 9.64 Å². The summed E-state index contributed by atoms with van der Waals surface area (Å²) in [5, 5.41) is 9.45. The highest BCUT2D eigenvalue weighted by Gasteiger charge is 2.17.